The van der Waals surface area contributed by atoms with Crippen LogP contribution in [0.5, 0.6) is 5.75 Å². The van der Waals surface area contributed by atoms with Crippen LogP contribution >= 0.6 is 12.4 Å². The molecule has 0 radical (unpaired) electrons. The summed E-state index contributed by atoms with van der Waals surface area (Å²) in [5, 5.41) is 2.80. The summed E-state index contributed by atoms with van der Waals surface area (Å²) in [5.74, 6) is 0.507. The van der Waals surface area contributed by atoms with Crippen LogP contribution in [-0.2, 0) is 16.0 Å². The number of piperidine rings is 1. The van der Waals surface area contributed by atoms with Crippen LogP contribution in [0.15, 0.2) is 24.3 Å². The number of hydrogen-bond donors (Lipinski definition) is 2. The molecular weight excluding hydrogens is 342 g/mol. The third-order valence-electron chi connectivity index (χ3n) is 4.29. The van der Waals surface area contributed by atoms with Gasteiger partial charge in [-0.05, 0) is 30.9 Å². The van der Waals surface area contributed by atoms with Crippen molar-refractivity contribution in [1.29, 1.82) is 0 Å². The number of hydrogen-bond acceptors (Lipinski definition) is 4. The zero-order chi connectivity index (χ0) is 17.4. The van der Waals surface area contributed by atoms with E-state index in [2.05, 4.69) is 12.2 Å². The summed E-state index contributed by atoms with van der Waals surface area (Å²) in [4.78, 5) is 26.2. The lowest BCUT2D eigenvalue weighted by atomic mass is 9.97. The zero-order valence-electron chi connectivity index (χ0n) is 14.7. The van der Waals surface area contributed by atoms with Gasteiger partial charge in [-0.3, -0.25) is 9.59 Å². The van der Waals surface area contributed by atoms with Gasteiger partial charge in [0.25, 0.3) is 5.91 Å². The molecule has 2 rings (SSSR count). The topological polar surface area (TPSA) is 84.7 Å². The molecule has 1 unspecified atom stereocenters. The molecule has 1 aromatic rings. The number of nitrogens with two attached hydrogens (primary N) is 1. The number of nitrogens with zero attached hydrogens (tertiary/aromatic N) is 1. The summed E-state index contributed by atoms with van der Waals surface area (Å²) in [6.07, 6.45) is 2.50. The Hall–Kier alpha value is -1.79. The smallest absolute Gasteiger partial charge is 0.260 e. The van der Waals surface area contributed by atoms with Crippen molar-refractivity contribution in [3.63, 3.8) is 0 Å². The Morgan fingerprint density at radius 3 is 2.84 bits per heavy atom. The van der Waals surface area contributed by atoms with Gasteiger partial charge < -0.3 is 20.7 Å². The third kappa shape index (κ3) is 6.21. The lowest BCUT2D eigenvalue weighted by Crippen LogP contribution is -2.47. The molecule has 1 aromatic carbocycles. The summed E-state index contributed by atoms with van der Waals surface area (Å²) in [6.45, 7) is 4.09. The quantitative estimate of drug-likeness (QED) is 0.760. The van der Waals surface area contributed by atoms with Crippen molar-refractivity contribution in [1.82, 2.24) is 10.2 Å². The van der Waals surface area contributed by atoms with Gasteiger partial charge in [0.1, 0.15) is 5.75 Å². The number of carbonyl (C=O) groups is 2. The molecule has 0 aromatic heterocycles. The highest BCUT2D eigenvalue weighted by atomic mass is 35.5. The van der Waals surface area contributed by atoms with E-state index in [1.807, 2.05) is 24.3 Å². The normalized spacial score (nSPS) is 16.7. The van der Waals surface area contributed by atoms with Crippen LogP contribution in [0.25, 0.3) is 0 Å². The van der Waals surface area contributed by atoms with Crippen molar-refractivity contribution in [3.05, 3.63) is 29.8 Å². The van der Waals surface area contributed by atoms with Gasteiger partial charge >= 0.3 is 0 Å². The Morgan fingerprint density at radius 1 is 1.36 bits per heavy atom. The van der Waals surface area contributed by atoms with E-state index in [9.17, 15) is 9.59 Å². The van der Waals surface area contributed by atoms with Gasteiger partial charge in [-0.1, -0.05) is 25.1 Å². The maximum absolute atomic E-state index is 12.4. The molecule has 140 valence electrons. The minimum atomic E-state index is -0.155. The second kappa shape index (κ2) is 10.9. The summed E-state index contributed by atoms with van der Waals surface area (Å²) in [6, 6.07) is 7.74. The van der Waals surface area contributed by atoms with Gasteiger partial charge in [0.05, 0.1) is 5.92 Å². The van der Waals surface area contributed by atoms with E-state index in [-0.39, 0.29) is 36.7 Å². The molecule has 1 aliphatic rings. The molecule has 1 heterocycles. The fourth-order valence-electron chi connectivity index (χ4n) is 2.92. The minimum Gasteiger partial charge on any atom is -0.483 e. The van der Waals surface area contributed by atoms with E-state index in [1.54, 1.807) is 4.90 Å². The van der Waals surface area contributed by atoms with E-state index in [0.29, 0.717) is 26.2 Å². The standard InChI is InChI=1S/C18H27N3O3.ClH/c1-2-14-6-3-4-8-16(14)24-13-17(22)21-11-5-7-15(12-21)18(23)20-10-9-19;/h3-4,6,8,15H,2,5,7,9-13,19H2,1H3,(H,20,23);1H. The summed E-state index contributed by atoms with van der Waals surface area (Å²) >= 11 is 0. The first-order valence-electron chi connectivity index (χ1n) is 8.62. The van der Waals surface area contributed by atoms with Gasteiger partial charge in [-0.15, -0.1) is 12.4 Å². The number of nitrogens with one attached hydrogen (secondary N) is 1. The van der Waals surface area contributed by atoms with Crippen LogP contribution in [0.4, 0.5) is 0 Å². The molecule has 6 nitrogen and oxygen atoms in total. The van der Waals surface area contributed by atoms with Crippen LogP contribution in [0, 0.1) is 5.92 Å². The van der Waals surface area contributed by atoms with Crippen molar-refractivity contribution in [2.45, 2.75) is 26.2 Å². The molecule has 3 N–H and O–H groups in total. The molecule has 1 saturated heterocycles. The molecule has 7 heteroatoms. The molecule has 1 fully saturated rings. The Labute approximate surface area is 155 Å². The zero-order valence-corrected chi connectivity index (χ0v) is 15.5. The van der Waals surface area contributed by atoms with Crippen molar-refractivity contribution >= 4 is 24.2 Å². The predicted molar refractivity (Wildman–Crippen MR) is 99.9 cm³/mol. The predicted octanol–water partition coefficient (Wildman–Crippen LogP) is 1.36. The van der Waals surface area contributed by atoms with E-state index in [1.165, 1.54) is 0 Å². The Kier molecular flexibility index (Phi) is 9.31. The highest BCUT2D eigenvalue weighted by molar-refractivity contribution is 5.85. The maximum Gasteiger partial charge on any atom is 0.260 e. The molecule has 1 aliphatic heterocycles. The summed E-state index contributed by atoms with van der Waals surface area (Å²) in [7, 11) is 0. The van der Waals surface area contributed by atoms with Gasteiger partial charge in [-0.2, -0.15) is 0 Å². The number of halogens is 1. The monoisotopic (exact) mass is 369 g/mol. The average Bonchev–Trinajstić information content (AvgIpc) is 2.64. The number of likely N-dealkylation sites (tertiary alicyclic amines) is 1. The maximum atomic E-state index is 12.4. The lowest BCUT2D eigenvalue weighted by molar-refractivity contribution is -0.137. The number of amides is 2. The molecular formula is C18H28ClN3O3. The van der Waals surface area contributed by atoms with Crippen LogP contribution in [-0.4, -0.2) is 49.5 Å². The highest BCUT2D eigenvalue weighted by Crippen LogP contribution is 2.20. The first kappa shape index (κ1) is 21.3. The van der Waals surface area contributed by atoms with E-state index in [4.69, 9.17) is 10.5 Å². The SMILES string of the molecule is CCc1ccccc1OCC(=O)N1CCCC(C(=O)NCCN)C1.Cl. The summed E-state index contributed by atoms with van der Waals surface area (Å²) in [5.41, 5.74) is 6.49. The van der Waals surface area contributed by atoms with E-state index < -0.39 is 0 Å². The Bertz CT molecular complexity index is 568. The third-order valence-corrected chi connectivity index (χ3v) is 4.29. The van der Waals surface area contributed by atoms with Crippen molar-refractivity contribution in [2.24, 2.45) is 11.7 Å². The van der Waals surface area contributed by atoms with Crippen molar-refractivity contribution in [3.8, 4) is 5.75 Å². The molecule has 0 spiro atoms. The van der Waals surface area contributed by atoms with Gasteiger partial charge in [0.15, 0.2) is 6.61 Å². The van der Waals surface area contributed by atoms with E-state index >= 15 is 0 Å². The molecule has 0 bridgehead atoms. The van der Waals surface area contributed by atoms with Gasteiger partial charge in [0, 0.05) is 26.2 Å². The lowest BCUT2D eigenvalue weighted by Gasteiger charge is -2.32. The molecule has 2 amide bonds. The number of ether oxygens (including phenoxy) is 1. The molecule has 25 heavy (non-hydrogen) atoms. The second-order valence-electron chi connectivity index (χ2n) is 6.01. The second-order valence-corrected chi connectivity index (χ2v) is 6.01. The fraction of sp³-hybridized carbons (Fsp3) is 0.556. The Morgan fingerprint density at radius 2 is 2.12 bits per heavy atom. The number of para-hydroxylation sites is 1. The largest absolute Gasteiger partial charge is 0.483 e. The van der Waals surface area contributed by atoms with Crippen LogP contribution in [0.3, 0.4) is 0 Å². The summed E-state index contributed by atoms with van der Waals surface area (Å²) < 4.78 is 5.70. The van der Waals surface area contributed by atoms with Gasteiger partial charge in [-0.25, -0.2) is 0 Å². The first-order valence-corrected chi connectivity index (χ1v) is 8.62. The molecule has 0 saturated carbocycles. The number of benzene rings is 1. The Balaban J connectivity index is 0.00000312. The average molecular weight is 370 g/mol. The molecule has 0 aliphatic carbocycles. The number of carbonyl (C=O) groups excluding carboxylic acids is 2. The molecule has 1 atom stereocenters. The number of rotatable bonds is 7. The minimum absolute atomic E-state index is 0. The van der Waals surface area contributed by atoms with Crippen molar-refractivity contribution in [2.75, 3.05) is 32.8 Å². The van der Waals surface area contributed by atoms with Gasteiger partial charge in [0.2, 0.25) is 5.91 Å². The van der Waals surface area contributed by atoms with Crippen molar-refractivity contribution < 1.29 is 14.3 Å². The van der Waals surface area contributed by atoms with Crippen LogP contribution in [0.1, 0.15) is 25.3 Å². The highest BCUT2D eigenvalue weighted by Gasteiger charge is 2.28. The van der Waals surface area contributed by atoms with Crippen LogP contribution in [0.2, 0.25) is 0 Å². The van der Waals surface area contributed by atoms with E-state index in [0.717, 1.165) is 30.6 Å². The fourth-order valence-corrected chi connectivity index (χ4v) is 2.92. The van der Waals surface area contributed by atoms with Crippen LogP contribution < -0.4 is 15.8 Å². The first-order chi connectivity index (χ1) is 11.7. The number of aryl methyl sites for hydroxylation is 1.